The predicted octanol–water partition coefficient (Wildman–Crippen LogP) is 2.01. The molecule has 0 amide bonds. The highest BCUT2D eigenvalue weighted by Crippen LogP contribution is 1.96. The number of aryl methyl sites for hydroxylation is 1. The van der Waals surface area contributed by atoms with Gasteiger partial charge in [0.1, 0.15) is 0 Å². The fourth-order valence-corrected chi connectivity index (χ4v) is 1.85. The minimum atomic E-state index is 0.175. The zero-order valence-electron chi connectivity index (χ0n) is 8.43. The standard InChI is InChI=1S/C11H18B/c1-3-4-8-12-11-7-5-6-10(2)9-11/h5-7,9H,3-4,8,12H2,1-2H3/q-1. The smallest absolute Gasteiger partial charge is 0.00415 e. The first kappa shape index (κ1) is 9.37. The highest BCUT2D eigenvalue weighted by Gasteiger charge is 1.86. The Morgan fingerprint density at radius 1 is 1.33 bits per heavy atom. The summed E-state index contributed by atoms with van der Waals surface area (Å²) in [5.41, 5.74) is 3.02. The monoisotopic (exact) mass is 161 g/mol. The summed E-state index contributed by atoms with van der Waals surface area (Å²) in [5.74, 6) is 0. The van der Waals surface area contributed by atoms with Gasteiger partial charge < -0.3 is 0 Å². The van der Waals surface area contributed by atoms with Crippen molar-refractivity contribution in [1.82, 2.24) is 0 Å². The van der Waals surface area contributed by atoms with Crippen LogP contribution in [-0.2, 0) is 0 Å². The second-order valence-corrected chi connectivity index (χ2v) is 3.87. The van der Waals surface area contributed by atoms with Crippen molar-refractivity contribution in [3.63, 3.8) is 0 Å². The summed E-state index contributed by atoms with van der Waals surface area (Å²) in [6.07, 6.45) is 4.21. The van der Waals surface area contributed by atoms with Crippen molar-refractivity contribution in [2.45, 2.75) is 33.0 Å². The largest absolute Gasteiger partial charge is 0.217 e. The topological polar surface area (TPSA) is 0 Å². The maximum absolute atomic E-state index is 2.34. The van der Waals surface area contributed by atoms with Crippen molar-refractivity contribution in [3.05, 3.63) is 29.8 Å². The van der Waals surface area contributed by atoms with Crippen LogP contribution in [0.15, 0.2) is 24.3 Å². The Labute approximate surface area is 76.2 Å². The second-order valence-electron chi connectivity index (χ2n) is 3.87. The van der Waals surface area contributed by atoms with Crippen LogP contribution >= 0.6 is 0 Å². The molecular weight excluding hydrogens is 143 g/mol. The first-order valence-electron chi connectivity index (χ1n) is 5.24. The van der Waals surface area contributed by atoms with Gasteiger partial charge in [0, 0.05) is 0 Å². The van der Waals surface area contributed by atoms with Crippen LogP contribution in [0.3, 0.4) is 0 Å². The molecule has 0 aliphatic rings. The lowest BCUT2D eigenvalue weighted by Crippen LogP contribution is -2.13. The molecule has 1 aromatic carbocycles. The van der Waals surface area contributed by atoms with Gasteiger partial charge in [-0.3, -0.25) is 0 Å². The van der Waals surface area contributed by atoms with Gasteiger partial charge in [-0.2, -0.15) is 6.32 Å². The van der Waals surface area contributed by atoms with Gasteiger partial charge in [-0.25, -0.2) is 5.46 Å². The van der Waals surface area contributed by atoms with Crippen molar-refractivity contribution in [3.8, 4) is 0 Å². The van der Waals surface area contributed by atoms with Crippen LogP contribution in [-0.4, -0.2) is 7.28 Å². The van der Waals surface area contributed by atoms with Crippen molar-refractivity contribution in [2.24, 2.45) is 0 Å². The lowest BCUT2D eigenvalue weighted by atomic mass is 9.66. The molecule has 0 spiro atoms. The average molecular weight is 161 g/mol. The Hall–Kier alpha value is -0.715. The Morgan fingerprint density at radius 2 is 2.17 bits per heavy atom. The van der Waals surface area contributed by atoms with E-state index in [1.54, 1.807) is 5.46 Å². The molecule has 0 aromatic heterocycles. The van der Waals surface area contributed by atoms with Crippen LogP contribution in [0.4, 0.5) is 0 Å². The molecule has 1 heteroatoms. The minimum Gasteiger partial charge on any atom is -0.217 e. The van der Waals surface area contributed by atoms with E-state index in [4.69, 9.17) is 0 Å². The summed E-state index contributed by atoms with van der Waals surface area (Å²) in [6.45, 7) is 4.44. The van der Waals surface area contributed by atoms with Crippen LogP contribution in [0.1, 0.15) is 25.3 Å². The molecule has 0 N–H and O–H groups in total. The molecule has 0 aliphatic heterocycles. The lowest BCUT2D eigenvalue weighted by molar-refractivity contribution is 0.881. The number of unbranched alkanes of at least 4 members (excludes halogenated alkanes) is 1. The highest BCUT2D eigenvalue weighted by molar-refractivity contribution is 6.53. The zero-order valence-corrected chi connectivity index (χ0v) is 8.43. The maximum Gasteiger partial charge on any atom is -0.00415 e. The Bertz CT molecular complexity index is 230. The molecule has 66 valence electrons. The Balaban J connectivity index is 2.41. The van der Waals surface area contributed by atoms with E-state index >= 15 is 0 Å². The van der Waals surface area contributed by atoms with E-state index in [9.17, 15) is 0 Å². The molecule has 12 heavy (non-hydrogen) atoms. The fourth-order valence-electron chi connectivity index (χ4n) is 1.85. The molecule has 0 saturated heterocycles. The van der Waals surface area contributed by atoms with Crippen LogP contribution in [0, 0.1) is 6.92 Å². The Kier molecular flexibility index (Phi) is 3.92. The van der Waals surface area contributed by atoms with Crippen LogP contribution in [0.2, 0.25) is 6.32 Å². The molecule has 0 bridgehead atoms. The van der Waals surface area contributed by atoms with Gasteiger partial charge in [-0.1, -0.05) is 49.6 Å². The third-order valence-electron chi connectivity index (χ3n) is 2.54. The molecule has 0 fully saturated rings. The quantitative estimate of drug-likeness (QED) is 0.468. The van der Waals surface area contributed by atoms with E-state index in [-0.39, 0.29) is 7.28 Å². The van der Waals surface area contributed by atoms with Gasteiger partial charge in [0.05, 0.1) is 0 Å². The van der Waals surface area contributed by atoms with Gasteiger partial charge in [0.15, 0.2) is 0 Å². The molecule has 0 saturated carbocycles. The van der Waals surface area contributed by atoms with E-state index in [1.807, 2.05) is 0 Å². The highest BCUT2D eigenvalue weighted by atomic mass is 13.9. The number of rotatable bonds is 4. The van der Waals surface area contributed by atoms with Crippen molar-refractivity contribution in [1.29, 1.82) is 0 Å². The molecule has 0 unspecified atom stereocenters. The molecule has 0 aliphatic carbocycles. The lowest BCUT2D eigenvalue weighted by Gasteiger charge is -2.06. The van der Waals surface area contributed by atoms with Crippen LogP contribution in [0.25, 0.3) is 0 Å². The average Bonchev–Trinajstić information content (AvgIpc) is 2.05. The van der Waals surface area contributed by atoms with E-state index in [2.05, 4.69) is 38.1 Å². The molecular formula is C11H18B-. The minimum absolute atomic E-state index is 0.175. The molecule has 0 atom stereocenters. The van der Waals surface area contributed by atoms with Gasteiger partial charge in [0.25, 0.3) is 0 Å². The summed E-state index contributed by atoms with van der Waals surface area (Å²) >= 11 is 0. The summed E-state index contributed by atoms with van der Waals surface area (Å²) in [5, 5.41) is 0. The first-order valence-corrected chi connectivity index (χ1v) is 5.24. The van der Waals surface area contributed by atoms with Crippen LogP contribution in [0.5, 0.6) is 0 Å². The van der Waals surface area contributed by atoms with Gasteiger partial charge in [-0.05, 0) is 14.2 Å². The SMILES string of the molecule is CCCC[BH2-]c1cccc(C)c1. The molecule has 0 heterocycles. The Morgan fingerprint density at radius 3 is 2.83 bits per heavy atom. The van der Waals surface area contributed by atoms with Gasteiger partial charge in [0.2, 0.25) is 0 Å². The second kappa shape index (κ2) is 5.02. The maximum atomic E-state index is 2.34. The third-order valence-corrected chi connectivity index (χ3v) is 2.54. The van der Waals surface area contributed by atoms with E-state index in [1.165, 1.54) is 24.7 Å². The van der Waals surface area contributed by atoms with Crippen molar-refractivity contribution in [2.75, 3.05) is 0 Å². The number of hydrogen-bond donors (Lipinski definition) is 0. The van der Waals surface area contributed by atoms with Gasteiger partial charge >= 0.3 is 0 Å². The number of benzene rings is 1. The first-order chi connectivity index (χ1) is 5.83. The van der Waals surface area contributed by atoms with E-state index in [0.29, 0.717) is 0 Å². The molecule has 0 nitrogen and oxygen atoms in total. The molecule has 1 aromatic rings. The summed E-state index contributed by atoms with van der Waals surface area (Å²) < 4.78 is 0. The summed E-state index contributed by atoms with van der Waals surface area (Å²) in [6, 6.07) is 8.98. The van der Waals surface area contributed by atoms with E-state index in [0.717, 1.165) is 0 Å². The molecule has 0 radical (unpaired) electrons. The van der Waals surface area contributed by atoms with Crippen molar-refractivity contribution < 1.29 is 0 Å². The zero-order chi connectivity index (χ0) is 8.81. The predicted molar refractivity (Wildman–Crippen MR) is 59.1 cm³/mol. The van der Waals surface area contributed by atoms with Crippen LogP contribution < -0.4 is 5.46 Å². The normalized spacial score (nSPS) is 10.2. The summed E-state index contributed by atoms with van der Waals surface area (Å²) in [7, 11) is 0.175. The number of hydrogen-bond acceptors (Lipinski definition) is 0. The third kappa shape index (κ3) is 3.12. The molecule has 1 rings (SSSR count). The summed E-state index contributed by atoms with van der Waals surface area (Å²) in [4.78, 5) is 0. The van der Waals surface area contributed by atoms with Gasteiger partial charge in [-0.15, -0.1) is 0 Å². The van der Waals surface area contributed by atoms with Crippen molar-refractivity contribution >= 4 is 12.7 Å². The fraction of sp³-hybridized carbons (Fsp3) is 0.455. The van der Waals surface area contributed by atoms with E-state index < -0.39 is 0 Å².